The van der Waals surface area contributed by atoms with Gasteiger partial charge in [0, 0.05) is 47.6 Å². The van der Waals surface area contributed by atoms with Gasteiger partial charge in [-0.1, -0.05) is 52.7 Å². The molecule has 2 aromatic rings. The van der Waals surface area contributed by atoms with Crippen molar-refractivity contribution in [2.24, 2.45) is 10.8 Å². The predicted molar refractivity (Wildman–Crippen MR) is 167 cm³/mol. The Morgan fingerprint density at radius 2 is 1.61 bits per heavy atom. The Kier molecular flexibility index (Phi) is 10.4. The minimum atomic E-state index is -4.66. The summed E-state index contributed by atoms with van der Waals surface area (Å²) in [5.41, 5.74) is -0.774. The maximum Gasteiger partial charge on any atom is 0.417 e. The average Bonchev–Trinajstić information content (AvgIpc) is 2.97. The summed E-state index contributed by atoms with van der Waals surface area (Å²) in [5, 5.41) is 15.7. The zero-order chi connectivity index (χ0) is 32.3. The number of nitriles is 1. The van der Waals surface area contributed by atoms with Gasteiger partial charge in [-0.25, -0.2) is 0 Å². The quantitative estimate of drug-likeness (QED) is 0.268. The lowest BCUT2D eigenvalue weighted by Crippen LogP contribution is -2.74. The first-order chi connectivity index (χ1) is 20.7. The number of aryl methyl sites for hydroxylation is 1. The van der Waals surface area contributed by atoms with Crippen LogP contribution in [-0.2, 0) is 12.6 Å². The number of nitrogens with zero attached hydrogens (tertiary/aromatic N) is 2. The largest absolute Gasteiger partial charge is 0.489 e. The van der Waals surface area contributed by atoms with E-state index in [1.54, 1.807) is 6.07 Å². The fourth-order valence-electron chi connectivity index (χ4n) is 7.49. The molecule has 4 rings (SSSR count). The topological polar surface area (TPSA) is 77.4 Å². The van der Waals surface area contributed by atoms with Crippen LogP contribution in [0.1, 0.15) is 94.3 Å². The van der Waals surface area contributed by atoms with E-state index < -0.39 is 34.2 Å². The van der Waals surface area contributed by atoms with Gasteiger partial charge in [-0.3, -0.25) is 9.69 Å². The molecule has 1 aliphatic carbocycles. The van der Waals surface area contributed by atoms with Gasteiger partial charge in [0.15, 0.2) is 0 Å². The second kappa shape index (κ2) is 13.5. The highest BCUT2D eigenvalue weighted by Crippen LogP contribution is 2.55. The van der Waals surface area contributed by atoms with Crippen molar-refractivity contribution in [1.82, 2.24) is 15.5 Å². The number of piperazine rings is 1. The minimum absolute atomic E-state index is 0.0478. The van der Waals surface area contributed by atoms with Crippen LogP contribution in [0.4, 0.5) is 13.2 Å². The first-order valence-electron chi connectivity index (χ1n) is 15.8. The van der Waals surface area contributed by atoms with Crippen molar-refractivity contribution >= 4 is 5.91 Å². The molecule has 1 heterocycles. The van der Waals surface area contributed by atoms with E-state index in [2.05, 4.69) is 29.4 Å². The summed E-state index contributed by atoms with van der Waals surface area (Å²) >= 11 is 0. The number of hydrogen-bond acceptors (Lipinski definition) is 5. The lowest BCUT2D eigenvalue weighted by atomic mass is 9.49. The van der Waals surface area contributed by atoms with Crippen LogP contribution in [0, 0.1) is 22.2 Å². The van der Waals surface area contributed by atoms with E-state index in [1.807, 2.05) is 52.0 Å². The molecule has 0 aromatic heterocycles. The molecule has 0 bridgehead atoms. The summed E-state index contributed by atoms with van der Waals surface area (Å²) in [7, 11) is 0. The Hall–Kier alpha value is -3.09. The highest BCUT2D eigenvalue weighted by atomic mass is 19.4. The molecule has 1 saturated heterocycles. The molecule has 44 heavy (non-hydrogen) atoms. The van der Waals surface area contributed by atoms with Crippen molar-refractivity contribution in [3.05, 3.63) is 64.7 Å². The van der Waals surface area contributed by atoms with Crippen LogP contribution in [0.3, 0.4) is 0 Å². The zero-order valence-electron chi connectivity index (χ0n) is 26.9. The Labute approximate surface area is 260 Å². The first-order valence-corrected chi connectivity index (χ1v) is 15.8. The molecule has 240 valence electrons. The Balaban J connectivity index is 1.26. The zero-order valence-corrected chi connectivity index (χ0v) is 26.9. The molecular formula is C35H47F3N4O2. The van der Waals surface area contributed by atoms with Crippen molar-refractivity contribution in [2.75, 3.05) is 19.6 Å². The lowest BCUT2D eigenvalue weighted by Gasteiger charge is -2.63. The van der Waals surface area contributed by atoms with Crippen LogP contribution in [0.25, 0.3) is 0 Å². The molecule has 2 aromatic carbocycles. The van der Waals surface area contributed by atoms with E-state index in [1.165, 1.54) is 30.9 Å². The molecule has 1 aliphatic heterocycles. The fraction of sp³-hybridized carbons (Fsp3) is 0.600. The first kappa shape index (κ1) is 33.8. The van der Waals surface area contributed by atoms with Gasteiger partial charge in [0.25, 0.3) is 5.91 Å². The number of nitrogens with one attached hydrogen (secondary N) is 2. The summed E-state index contributed by atoms with van der Waals surface area (Å²) < 4.78 is 46.5. The summed E-state index contributed by atoms with van der Waals surface area (Å²) in [4.78, 5) is 15.8. The van der Waals surface area contributed by atoms with E-state index in [-0.39, 0.29) is 17.7 Å². The van der Waals surface area contributed by atoms with Gasteiger partial charge in [-0.15, -0.1) is 0 Å². The number of carbonyl (C=O) groups excluding carboxylic acids is 1. The summed E-state index contributed by atoms with van der Waals surface area (Å²) in [6, 6.07) is 13.7. The lowest BCUT2D eigenvalue weighted by molar-refractivity contribution is -0.164. The predicted octanol–water partition coefficient (Wildman–Crippen LogP) is 6.97. The molecule has 0 spiro atoms. The van der Waals surface area contributed by atoms with Gasteiger partial charge in [-0.05, 0) is 75.5 Å². The molecule has 2 atom stereocenters. The number of rotatable bonds is 11. The van der Waals surface area contributed by atoms with Gasteiger partial charge >= 0.3 is 6.18 Å². The summed E-state index contributed by atoms with van der Waals surface area (Å²) in [6.45, 7) is 15.6. The molecule has 0 radical (unpaired) electrons. The number of unbranched alkanes of at least 4 members (excludes halogenated alkanes) is 3. The van der Waals surface area contributed by atoms with E-state index in [4.69, 9.17) is 10.00 Å². The highest BCUT2D eigenvalue weighted by molar-refractivity contribution is 5.94. The van der Waals surface area contributed by atoms with Crippen LogP contribution in [0.2, 0.25) is 0 Å². The van der Waals surface area contributed by atoms with Crippen molar-refractivity contribution < 1.29 is 22.7 Å². The Morgan fingerprint density at radius 3 is 2.20 bits per heavy atom. The second-order valence-corrected chi connectivity index (χ2v) is 13.8. The third kappa shape index (κ3) is 7.40. The maximum absolute atomic E-state index is 13.5. The van der Waals surface area contributed by atoms with Gasteiger partial charge in [0.2, 0.25) is 0 Å². The molecule has 6 nitrogen and oxygen atoms in total. The van der Waals surface area contributed by atoms with Crippen LogP contribution in [0.5, 0.6) is 5.75 Å². The smallest absolute Gasteiger partial charge is 0.417 e. The van der Waals surface area contributed by atoms with E-state index in [9.17, 15) is 18.0 Å². The van der Waals surface area contributed by atoms with Gasteiger partial charge in [0.05, 0.1) is 17.2 Å². The summed E-state index contributed by atoms with van der Waals surface area (Å²) in [6.07, 6.45) is 0.603. The van der Waals surface area contributed by atoms with Crippen molar-refractivity contribution in [2.45, 2.75) is 104 Å². The Morgan fingerprint density at radius 1 is 1.00 bits per heavy atom. The van der Waals surface area contributed by atoms with Crippen molar-refractivity contribution in [3.8, 4) is 11.8 Å². The number of alkyl halides is 3. The van der Waals surface area contributed by atoms with Crippen molar-refractivity contribution in [1.29, 1.82) is 5.26 Å². The maximum atomic E-state index is 13.5. The van der Waals surface area contributed by atoms with E-state index in [0.29, 0.717) is 17.6 Å². The molecule has 0 unspecified atom stereocenters. The third-order valence-electron chi connectivity index (χ3n) is 9.65. The van der Waals surface area contributed by atoms with Crippen molar-refractivity contribution in [3.63, 3.8) is 0 Å². The second-order valence-electron chi connectivity index (χ2n) is 13.8. The molecule has 1 saturated carbocycles. The van der Waals surface area contributed by atoms with E-state index >= 15 is 0 Å². The van der Waals surface area contributed by atoms with Crippen LogP contribution in [0.15, 0.2) is 42.5 Å². The van der Waals surface area contributed by atoms with Crippen LogP contribution >= 0.6 is 0 Å². The number of amides is 1. The van der Waals surface area contributed by atoms with Gasteiger partial charge < -0.3 is 15.4 Å². The number of benzene rings is 2. The third-order valence-corrected chi connectivity index (χ3v) is 9.65. The van der Waals surface area contributed by atoms with E-state index in [0.717, 1.165) is 44.6 Å². The SMILES string of the molecule is C[C@@H]1CNC[C@H](C)N1CCCCCCc1ccc(C(=O)N[C@H]2C(C)(C)[C@H](Oc3ccc(C#N)c(C(F)(F)F)c3)C2(C)C)cc1. The fourth-order valence-corrected chi connectivity index (χ4v) is 7.49. The highest BCUT2D eigenvalue weighted by Gasteiger charge is 2.64. The average molecular weight is 613 g/mol. The molecule has 2 aliphatic rings. The normalized spacial score (nSPS) is 24.6. The number of ether oxygens (including phenoxy) is 1. The molecule has 2 fully saturated rings. The molecule has 9 heteroatoms. The number of hydrogen-bond donors (Lipinski definition) is 2. The Bertz CT molecular complexity index is 1310. The molecular weight excluding hydrogens is 565 g/mol. The van der Waals surface area contributed by atoms with Crippen LogP contribution in [-0.4, -0.2) is 54.7 Å². The molecule has 2 N–H and O–H groups in total. The standard InChI is InChI=1S/C35H47F3N4O2/c1-23-21-40-22-24(2)42(23)18-10-8-7-9-11-25-12-14-26(15-13-25)30(43)41-31-33(3,4)32(34(31,5)6)44-28-17-16-27(20-39)29(19-28)35(36,37)38/h12-17,19,23-24,31-32,40H,7-11,18,21-22H2,1-6H3,(H,41,43)/t23-,24+,31-,32-. The minimum Gasteiger partial charge on any atom is -0.489 e. The summed E-state index contributed by atoms with van der Waals surface area (Å²) in [5.74, 6) is -0.137. The number of halogens is 3. The molecule has 1 amide bonds. The van der Waals surface area contributed by atoms with Crippen LogP contribution < -0.4 is 15.4 Å². The number of carbonyl (C=O) groups is 1. The monoisotopic (exact) mass is 612 g/mol. The van der Waals surface area contributed by atoms with Gasteiger partial charge in [0.1, 0.15) is 11.9 Å². The van der Waals surface area contributed by atoms with Gasteiger partial charge in [-0.2, -0.15) is 18.4 Å².